The zero-order valence-corrected chi connectivity index (χ0v) is 18.2. The molecule has 0 heterocycles. The molecular formula is C19H36N6O6. The van der Waals surface area contributed by atoms with Crippen molar-refractivity contribution in [2.24, 2.45) is 23.1 Å². The number of rotatable bonds is 16. The number of carboxylic acid groups (broad SMARTS) is 1. The molecule has 0 saturated carbocycles. The molecule has 0 aromatic heterocycles. The highest BCUT2D eigenvalue weighted by atomic mass is 16.4. The summed E-state index contributed by atoms with van der Waals surface area (Å²) in [7, 11) is 0. The second-order valence-electron chi connectivity index (χ2n) is 7.38. The molecule has 178 valence electrons. The summed E-state index contributed by atoms with van der Waals surface area (Å²) in [5.74, 6) is -4.13. The summed E-state index contributed by atoms with van der Waals surface area (Å²) >= 11 is 0. The van der Waals surface area contributed by atoms with E-state index in [0.717, 1.165) is 0 Å². The van der Waals surface area contributed by atoms with Gasteiger partial charge in [0, 0.05) is 6.42 Å². The summed E-state index contributed by atoms with van der Waals surface area (Å²) in [5.41, 5.74) is 15.9. The SMILES string of the molecule is CCC(C)C(NC(=O)C(CCCCN)NC(=O)C(CCC(N)=O)NC(=O)CN)C(=O)O. The zero-order chi connectivity index (χ0) is 24.0. The Morgan fingerprint density at radius 3 is 1.97 bits per heavy atom. The Kier molecular flexibility index (Phi) is 13.8. The van der Waals surface area contributed by atoms with E-state index in [-0.39, 0.29) is 31.7 Å². The largest absolute Gasteiger partial charge is 0.480 e. The smallest absolute Gasteiger partial charge is 0.326 e. The molecule has 0 fully saturated rings. The molecule has 31 heavy (non-hydrogen) atoms. The van der Waals surface area contributed by atoms with Crippen molar-refractivity contribution in [3.63, 3.8) is 0 Å². The van der Waals surface area contributed by atoms with Gasteiger partial charge in [0.05, 0.1) is 6.54 Å². The van der Waals surface area contributed by atoms with Gasteiger partial charge < -0.3 is 38.3 Å². The molecule has 0 aliphatic rings. The number of carbonyl (C=O) groups excluding carboxylic acids is 4. The number of hydrogen-bond donors (Lipinski definition) is 7. The lowest BCUT2D eigenvalue weighted by Gasteiger charge is -2.26. The summed E-state index contributed by atoms with van der Waals surface area (Å²) in [6, 6.07) is -3.29. The summed E-state index contributed by atoms with van der Waals surface area (Å²) < 4.78 is 0. The third-order valence-corrected chi connectivity index (χ3v) is 4.87. The number of carbonyl (C=O) groups is 5. The van der Waals surface area contributed by atoms with Gasteiger partial charge >= 0.3 is 5.97 Å². The molecule has 12 nitrogen and oxygen atoms in total. The first kappa shape index (κ1) is 28.3. The molecule has 0 aromatic carbocycles. The van der Waals surface area contributed by atoms with Crippen LogP contribution < -0.4 is 33.2 Å². The molecule has 0 radical (unpaired) electrons. The first-order chi connectivity index (χ1) is 14.6. The molecule has 0 spiro atoms. The van der Waals surface area contributed by atoms with Gasteiger partial charge in [0.15, 0.2) is 0 Å². The first-order valence-corrected chi connectivity index (χ1v) is 10.4. The predicted octanol–water partition coefficient (Wildman–Crippen LogP) is -2.08. The van der Waals surface area contributed by atoms with Gasteiger partial charge in [-0.25, -0.2) is 4.79 Å². The van der Waals surface area contributed by atoms with Crippen molar-refractivity contribution < 1.29 is 29.1 Å². The lowest BCUT2D eigenvalue weighted by atomic mass is 9.98. The van der Waals surface area contributed by atoms with Crippen LogP contribution in [0.1, 0.15) is 52.4 Å². The van der Waals surface area contributed by atoms with E-state index in [1.165, 1.54) is 0 Å². The quantitative estimate of drug-likeness (QED) is 0.131. The maximum Gasteiger partial charge on any atom is 0.326 e. The minimum Gasteiger partial charge on any atom is -0.480 e. The van der Waals surface area contributed by atoms with Crippen LogP contribution >= 0.6 is 0 Å². The van der Waals surface area contributed by atoms with E-state index in [0.29, 0.717) is 25.8 Å². The number of amides is 4. The summed E-state index contributed by atoms with van der Waals surface area (Å²) in [5, 5.41) is 16.8. The van der Waals surface area contributed by atoms with Crippen molar-refractivity contribution in [2.45, 2.75) is 70.5 Å². The Morgan fingerprint density at radius 2 is 1.48 bits per heavy atom. The molecule has 10 N–H and O–H groups in total. The maximum atomic E-state index is 12.8. The molecule has 4 atom stereocenters. The van der Waals surface area contributed by atoms with Gasteiger partial charge in [0.1, 0.15) is 18.1 Å². The molecule has 0 aliphatic carbocycles. The van der Waals surface area contributed by atoms with Gasteiger partial charge in [-0.3, -0.25) is 19.2 Å². The monoisotopic (exact) mass is 444 g/mol. The molecule has 0 aliphatic heterocycles. The number of carboxylic acids is 1. The number of unbranched alkanes of at least 4 members (excludes halogenated alkanes) is 1. The van der Waals surface area contributed by atoms with Crippen LogP contribution in [0.3, 0.4) is 0 Å². The van der Waals surface area contributed by atoms with E-state index in [1.807, 2.05) is 0 Å². The van der Waals surface area contributed by atoms with Crippen LogP contribution in [0, 0.1) is 5.92 Å². The van der Waals surface area contributed by atoms with Gasteiger partial charge in [-0.2, -0.15) is 0 Å². The molecular weight excluding hydrogens is 408 g/mol. The van der Waals surface area contributed by atoms with Gasteiger partial charge in [-0.05, 0) is 38.1 Å². The molecule has 0 bridgehead atoms. The number of nitrogens with two attached hydrogens (primary N) is 3. The fourth-order valence-electron chi connectivity index (χ4n) is 2.78. The summed E-state index contributed by atoms with van der Waals surface area (Å²) in [6.07, 6.45) is 1.62. The molecule has 0 saturated heterocycles. The van der Waals surface area contributed by atoms with Crippen molar-refractivity contribution >= 4 is 29.6 Å². The van der Waals surface area contributed by atoms with E-state index < -0.39 is 47.7 Å². The van der Waals surface area contributed by atoms with Crippen LogP contribution in [0.4, 0.5) is 0 Å². The number of primary amides is 1. The lowest BCUT2D eigenvalue weighted by molar-refractivity contribution is -0.143. The fraction of sp³-hybridized carbons (Fsp3) is 0.737. The minimum absolute atomic E-state index is 0.0747. The average Bonchev–Trinajstić information content (AvgIpc) is 2.72. The van der Waals surface area contributed by atoms with Crippen molar-refractivity contribution in [1.29, 1.82) is 0 Å². The van der Waals surface area contributed by atoms with E-state index >= 15 is 0 Å². The van der Waals surface area contributed by atoms with Crippen molar-refractivity contribution in [1.82, 2.24) is 16.0 Å². The van der Waals surface area contributed by atoms with Crippen LogP contribution in [-0.4, -0.2) is 65.9 Å². The maximum absolute atomic E-state index is 12.8. The van der Waals surface area contributed by atoms with Crippen molar-refractivity contribution in [3.05, 3.63) is 0 Å². The average molecular weight is 445 g/mol. The zero-order valence-electron chi connectivity index (χ0n) is 18.2. The van der Waals surface area contributed by atoms with Crippen LogP contribution in [0.15, 0.2) is 0 Å². The van der Waals surface area contributed by atoms with Crippen LogP contribution in [0.5, 0.6) is 0 Å². The Labute approximate surface area is 182 Å². The number of hydrogen-bond acceptors (Lipinski definition) is 7. The van der Waals surface area contributed by atoms with Crippen LogP contribution in [0.25, 0.3) is 0 Å². The Morgan fingerprint density at radius 1 is 0.903 bits per heavy atom. The molecule has 0 rings (SSSR count). The van der Waals surface area contributed by atoms with Crippen molar-refractivity contribution in [3.8, 4) is 0 Å². The number of aliphatic carboxylic acids is 1. The Balaban J connectivity index is 5.44. The predicted molar refractivity (Wildman–Crippen MR) is 113 cm³/mol. The van der Waals surface area contributed by atoms with E-state index in [4.69, 9.17) is 17.2 Å². The highest BCUT2D eigenvalue weighted by molar-refractivity contribution is 5.93. The lowest BCUT2D eigenvalue weighted by Crippen LogP contribution is -2.57. The molecule has 0 aromatic rings. The van der Waals surface area contributed by atoms with E-state index in [1.54, 1.807) is 13.8 Å². The first-order valence-electron chi connectivity index (χ1n) is 10.4. The van der Waals surface area contributed by atoms with E-state index in [2.05, 4.69) is 16.0 Å². The topological polar surface area (TPSA) is 220 Å². The number of nitrogens with one attached hydrogen (secondary N) is 3. The Bertz CT molecular complexity index is 629. The highest BCUT2D eigenvalue weighted by Crippen LogP contribution is 2.10. The molecule has 4 amide bonds. The van der Waals surface area contributed by atoms with E-state index in [9.17, 15) is 29.1 Å². The normalized spacial score (nSPS) is 14.6. The molecule has 12 heteroatoms. The standard InChI is InChI=1S/C19H36N6O6/c1-3-11(2)16(19(30)31)25-18(29)12(6-4-5-9-20)24-17(28)13(7-8-14(22)26)23-15(27)10-21/h11-13,16H,3-10,20-21H2,1-2H3,(H2,22,26)(H,23,27)(H,24,28)(H,25,29)(H,30,31). The van der Waals surface area contributed by atoms with Crippen LogP contribution in [0.2, 0.25) is 0 Å². The van der Waals surface area contributed by atoms with Gasteiger partial charge in [-0.15, -0.1) is 0 Å². The summed E-state index contributed by atoms with van der Waals surface area (Å²) in [6.45, 7) is 3.52. The Hall–Kier alpha value is -2.73. The van der Waals surface area contributed by atoms with Gasteiger partial charge in [0.25, 0.3) is 0 Å². The minimum atomic E-state index is -1.18. The molecule has 4 unspecified atom stereocenters. The fourth-order valence-corrected chi connectivity index (χ4v) is 2.78. The second-order valence-corrected chi connectivity index (χ2v) is 7.38. The third kappa shape index (κ3) is 11.3. The van der Waals surface area contributed by atoms with Gasteiger partial charge in [0.2, 0.25) is 23.6 Å². The third-order valence-electron chi connectivity index (χ3n) is 4.87. The summed E-state index contributed by atoms with van der Waals surface area (Å²) in [4.78, 5) is 59.8. The highest BCUT2D eigenvalue weighted by Gasteiger charge is 2.31. The van der Waals surface area contributed by atoms with Crippen molar-refractivity contribution in [2.75, 3.05) is 13.1 Å². The van der Waals surface area contributed by atoms with Crippen LogP contribution in [-0.2, 0) is 24.0 Å². The van der Waals surface area contributed by atoms with Gasteiger partial charge in [-0.1, -0.05) is 20.3 Å². The second kappa shape index (κ2) is 15.1.